The Balaban J connectivity index is 1.75. The SMILES string of the molecule is CCCCCCC(CCC(=O)O)Oc1ccc(C)cc1OS(=O)NC(C)(C)c1nnc2cc(C(C)(C)C)[nH]n12. The number of rotatable bonds is 15. The molecule has 0 aliphatic rings. The van der Waals surface area contributed by atoms with E-state index in [0.29, 0.717) is 29.4 Å². The van der Waals surface area contributed by atoms with Crippen LogP contribution in [0.15, 0.2) is 24.3 Å². The van der Waals surface area contributed by atoms with Gasteiger partial charge in [0.2, 0.25) is 0 Å². The van der Waals surface area contributed by atoms with Crippen LogP contribution in [-0.4, -0.2) is 41.2 Å². The van der Waals surface area contributed by atoms with Crippen molar-refractivity contribution in [2.45, 2.75) is 110 Å². The fourth-order valence-corrected chi connectivity index (χ4v) is 5.07. The Hall–Kier alpha value is -2.92. The van der Waals surface area contributed by atoms with Gasteiger partial charge < -0.3 is 14.0 Å². The van der Waals surface area contributed by atoms with Gasteiger partial charge in [0.15, 0.2) is 23.0 Å². The molecule has 0 saturated heterocycles. The highest BCUT2D eigenvalue weighted by Crippen LogP contribution is 2.32. The first-order valence-electron chi connectivity index (χ1n) is 13.6. The molecule has 2 heterocycles. The van der Waals surface area contributed by atoms with E-state index in [4.69, 9.17) is 8.92 Å². The summed E-state index contributed by atoms with van der Waals surface area (Å²) in [6.07, 6.45) is 5.13. The van der Waals surface area contributed by atoms with Crippen LogP contribution in [0.5, 0.6) is 11.5 Å². The molecular formula is C28H43N5O5S. The van der Waals surface area contributed by atoms with Gasteiger partial charge in [-0.05, 0) is 57.7 Å². The molecule has 3 N–H and O–H groups in total. The van der Waals surface area contributed by atoms with Gasteiger partial charge in [0.05, 0.1) is 11.6 Å². The molecule has 3 aromatic rings. The summed E-state index contributed by atoms with van der Waals surface area (Å²) in [7, 11) is 0. The third kappa shape index (κ3) is 8.53. The van der Waals surface area contributed by atoms with Crippen LogP contribution in [0.25, 0.3) is 5.65 Å². The summed E-state index contributed by atoms with van der Waals surface area (Å²) in [5, 5.41) is 21.1. The normalized spacial score (nSPS) is 13.9. The van der Waals surface area contributed by atoms with Crippen molar-refractivity contribution < 1.29 is 23.0 Å². The number of aromatic amines is 1. The zero-order chi connectivity index (χ0) is 28.8. The number of hydrogen-bond acceptors (Lipinski definition) is 6. The zero-order valence-corrected chi connectivity index (χ0v) is 25.0. The van der Waals surface area contributed by atoms with Gasteiger partial charge >= 0.3 is 5.97 Å². The molecule has 0 aliphatic carbocycles. The minimum absolute atomic E-state index is 0.0185. The third-order valence-electron chi connectivity index (χ3n) is 6.52. The summed E-state index contributed by atoms with van der Waals surface area (Å²) >= 11 is -1.95. The largest absolute Gasteiger partial charge is 0.486 e. The summed E-state index contributed by atoms with van der Waals surface area (Å²) in [6, 6.07) is 7.39. The molecule has 0 spiro atoms. The Morgan fingerprint density at radius 1 is 1.10 bits per heavy atom. The highest BCUT2D eigenvalue weighted by Gasteiger charge is 2.31. The number of unbranched alkanes of at least 4 members (excludes halogenated alkanes) is 3. The highest BCUT2D eigenvalue weighted by molar-refractivity contribution is 7.78. The molecule has 0 radical (unpaired) electrons. The van der Waals surface area contributed by atoms with E-state index in [2.05, 4.69) is 47.7 Å². The highest BCUT2D eigenvalue weighted by atomic mass is 32.2. The van der Waals surface area contributed by atoms with Gasteiger partial charge in [0.1, 0.15) is 0 Å². The maximum atomic E-state index is 13.2. The van der Waals surface area contributed by atoms with E-state index in [0.717, 1.165) is 43.4 Å². The van der Waals surface area contributed by atoms with Crippen molar-refractivity contribution in [1.29, 1.82) is 0 Å². The summed E-state index contributed by atoms with van der Waals surface area (Å²) in [6.45, 7) is 14.1. The molecule has 0 bridgehead atoms. The van der Waals surface area contributed by atoms with E-state index in [1.807, 2.05) is 32.9 Å². The van der Waals surface area contributed by atoms with Gasteiger partial charge in [-0.15, -0.1) is 10.2 Å². The Morgan fingerprint density at radius 3 is 2.51 bits per heavy atom. The molecule has 11 heteroatoms. The summed E-state index contributed by atoms with van der Waals surface area (Å²) < 4.78 is 30.1. The summed E-state index contributed by atoms with van der Waals surface area (Å²) in [5.74, 6) is 0.464. The molecule has 0 aliphatic heterocycles. The Kier molecular flexibility index (Phi) is 10.2. The Morgan fingerprint density at radius 2 is 1.85 bits per heavy atom. The fraction of sp³-hybridized carbons (Fsp3) is 0.607. The number of H-pyrrole nitrogens is 1. The number of ether oxygens (including phenoxy) is 1. The molecular weight excluding hydrogens is 518 g/mol. The predicted octanol–water partition coefficient (Wildman–Crippen LogP) is 5.73. The molecule has 216 valence electrons. The van der Waals surface area contributed by atoms with E-state index >= 15 is 0 Å². The average Bonchev–Trinajstić information content (AvgIpc) is 3.42. The van der Waals surface area contributed by atoms with Gasteiger partial charge in [0, 0.05) is 23.6 Å². The number of aromatic nitrogens is 4. The number of carbonyl (C=O) groups is 1. The Bertz CT molecular complexity index is 1280. The maximum absolute atomic E-state index is 13.2. The predicted molar refractivity (Wildman–Crippen MR) is 152 cm³/mol. The zero-order valence-electron chi connectivity index (χ0n) is 24.2. The third-order valence-corrected chi connectivity index (χ3v) is 7.53. The number of carboxylic acid groups (broad SMARTS) is 1. The summed E-state index contributed by atoms with van der Waals surface area (Å²) in [5.41, 5.74) is 1.64. The number of hydrogen-bond donors (Lipinski definition) is 3. The molecule has 2 aromatic heterocycles. The van der Waals surface area contributed by atoms with E-state index in [-0.39, 0.29) is 17.9 Å². The van der Waals surface area contributed by atoms with Crippen molar-refractivity contribution in [3.05, 3.63) is 41.3 Å². The number of aliphatic carboxylic acids is 1. The van der Waals surface area contributed by atoms with Crippen LogP contribution in [-0.2, 0) is 27.0 Å². The van der Waals surface area contributed by atoms with Crippen molar-refractivity contribution in [3.63, 3.8) is 0 Å². The monoisotopic (exact) mass is 561 g/mol. The first kappa shape index (κ1) is 30.6. The fourth-order valence-electron chi connectivity index (χ4n) is 4.23. The van der Waals surface area contributed by atoms with Crippen LogP contribution in [0, 0.1) is 6.92 Å². The molecule has 0 fully saturated rings. The first-order chi connectivity index (χ1) is 18.3. The van der Waals surface area contributed by atoms with Gasteiger partial charge in [-0.25, -0.2) is 4.52 Å². The summed E-state index contributed by atoms with van der Waals surface area (Å²) in [4.78, 5) is 11.2. The number of carboxylic acids is 1. The van der Waals surface area contributed by atoms with E-state index in [1.165, 1.54) is 0 Å². The number of nitrogens with one attached hydrogen (secondary N) is 2. The topological polar surface area (TPSA) is 131 Å². The lowest BCUT2D eigenvalue weighted by molar-refractivity contribution is -0.137. The van der Waals surface area contributed by atoms with Crippen molar-refractivity contribution in [3.8, 4) is 11.5 Å². The second-order valence-corrected chi connectivity index (χ2v) is 12.5. The molecule has 0 amide bonds. The van der Waals surface area contributed by atoms with Crippen LogP contribution in [0.1, 0.15) is 104 Å². The lowest BCUT2D eigenvalue weighted by Gasteiger charge is -2.24. The van der Waals surface area contributed by atoms with Gasteiger partial charge in [-0.1, -0.05) is 53.0 Å². The first-order valence-corrected chi connectivity index (χ1v) is 14.7. The minimum atomic E-state index is -1.95. The Labute approximate surface area is 233 Å². The average molecular weight is 562 g/mol. The van der Waals surface area contributed by atoms with Crippen LogP contribution in [0.3, 0.4) is 0 Å². The van der Waals surface area contributed by atoms with Crippen molar-refractivity contribution >= 4 is 22.9 Å². The number of benzene rings is 1. The number of aryl methyl sites for hydroxylation is 1. The lowest BCUT2D eigenvalue weighted by Crippen LogP contribution is -2.41. The molecule has 10 nitrogen and oxygen atoms in total. The second-order valence-electron chi connectivity index (χ2n) is 11.7. The lowest BCUT2D eigenvalue weighted by atomic mass is 9.93. The number of nitrogens with zero attached hydrogens (tertiary/aromatic N) is 3. The second kappa shape index (κ2) is 13.0. The molecule has 2 atom stereocenters. The quantitative estimate of drug-likeness (QED) is 0.202. The van der Waals surface area contributed by atoms with Crippen molar-refractivity contribution in [2.24, 2.45) is 0 Å². The van der Waals surface area contributed by atoms with Crippen molar-refractivity contribution in [2.75, 3.05) is 0 Å². The van der Waals surface area contributed by atoms with Gasteiger partial charge in [-0.2, -0.15) is 8.93 Å². The molecule has 39 heavy (non-hydrogen) atoms. The van der Waals surface area contributed by atoms with Gasteiger partial charge in [-0.3, -0.25) is 9.89 Å². The molecule has 0 saturated carbocycles. The van der Waals surface area contributed by atoms with Crippen LogP contribution < -0.4 is 13.6 Å². The molecule has 3 rings (SSSR count). The van der Waals surface area contributed by atoms with E-state index < -0.39 is 22.8 Å². The molecule has 1 aromatic carbocycles. The molecule has 2 unspecified atom stereocenters. The van der Waals surface area contributed by atoms with Crippen LogP contribution in [0.2, 0.25) is 0 Å². The van der Waals surface area contributed by atoms with Crippen molar-refractivity contribution in [1.82, 2.24) is 24.5 Å². The van der Waals surface area contributed by atoms with Gasteiger partial charge in [0.25, 0.3) is 11.3 Å². The smallest absolute Gasteiger partial charge is 0.303 e. The number of fused-ring (bicyclic) bond motifs is 1. The van der Waals surface area contributed by atoms with E-state index in [1.54, 1.807) is 16.6 Å². The van der Waals surface area contributed by atoms with E-state index in [9.17, 15) is 14.1 Å². The van der Waals surface area contributed by atoms with Crippen LogP contribution in [0.4, 0.5) is 0 Å². The van der Waals surface area contributed by atoms with Crippen LogP contribution >= 0.6 is 0 Å². The minimum Gasteiger partial charge on any atom is -0.486 e. The maximum Gasteiger partial charge on any atom is 0.303 e. The standard InChI is InChI=1S/C28H43N5O5S/c1-8-9-10-11-12-20(14-16-25(34)35)37-21-15-13-19(2)17-22(21)38-39(36)32-28(6,7)26-30-29-24-18-23(27(3,4)5)31-33(24)26/h13,15,17-18,20,31-32H,8-12,14,16H2,1-7H3,(H,34,35).